The molecule has 3 N–H and O–H groups in total. The predicted molar refractivity (Wildman–Crippen MR) is 93.3 cm³/mol. The summed E-state index contributed by atoms with van der Waals surface area (Å²) >= 11 is 0. The molecule has 0 aromatic heterocycles. The minimum Gasteiger partial charge on any atom is -0.434 e. The average molecular weight is 378 g/mol. The number of sulfonamides is 1. The summed E-state index contributed by atoms with van der Waals surface area (Å²) in [6.45, 7) is 1.03. The molecular formula is C15H24F2N4O3S. The molecule has 10 heteroatoms. The molecular weight excluding hydrogens is 354 g/mol. The maximum atomic E-state index is 12.4. The number of nitrogens with zero attached hydrogens (tertiary/aromatic N) is 1. The Bertz CT molecular complexity index is 694. The lowest BCUT2D eigenvalue weighted by Gasteiger charge is -2.26. The SMILES string of the molecule is CN=C(NCc1ccccc1OC(F)F)NCC(C)(C)NS(C)(=O)=O. The van der Waals surface area contributed by atoms with Crippen LogP contribution in [-0.2, 0) is 16.6 Å². The molecule has 0 atom stereocenters. The molecule has 0 saturated heterocycles. The Morgan fingerprint density at radius 1 is 1.28 bits per heavy atom. The number of hydrogen-bond acceptors (Lipinski definition) is 4. The zero-order valence-electron chi connectivity index (χ0n) is 14.6. The first-order valence-electron chi connectivity index (χ1n) is 7.48. The van der Waals surface area contributed by atoms with Crippen LogP contribution in [0.2, 0.25) is 0 Å². The van der Waals surface area contributed by atoms with E-state index in [2.05, 4.69) is 25.1 Å². The molecule has 25 heavy (non-hydrogen) atoms. The molecule has 0 bridgehead atoms. The van der Waals surface area contributed by atoms with Crippen LogP contribution >= 0.6 is 0 Å². The van der Waals surface area contributed by atoms with Gasteiger partial charge in [0.1, 0.15) is 5.75 Å². The maximum Gasteiger partial charge on any atom is 0.387 e. The molecule has 0 unspecified atom stereocenters. The number of hydrogen-bond donors (Lipinski definition) is 3. The van der Waals surface area contributed by atoms with E-state index in [4.69, 9.17) is 0 Å². The number of nitrogens with one attached hydrogen (secondary N) is 3. The lowest BCUT2D eigenvalue weighted by Crippen LogP contribution is -2.52. The molecule has 0 fully saturated rings. The average Bonchev–Trinajstić information content (AvgIpc) is 2.45. The molecule has 0 heterocycles. The highest BCUT2D eigenvalue weighted by Gasteiger charge is 2.22. The van der Waals surface area contributed by atoms with Crippen molar-refractivity contribution in [2.45, 2.75) is 32.5 Å². The Labute approximate surface area is 146 Å². The topological polar surface area (TPSA) is 91.8 Å². The van der Waals surface area contributed by atoms with Gasteiger partial charge in [0.25, 0.3) is 0 Å². The highest BCUT2D eigenvalue weighted by atomic mass is 32.2. The smallest absolute Gasteiger partial charge is 0.387 e. The van der Waals surface area contributed by atoms with Crippen molar-refractivity contribution in [1.82, 2.24) is 15.4 Å². The van der Waals surface area contributed by atoms with Crippen LogP contribution in [0.15, 0.2) is 29.3 Å². The van der Waals surface area contributed by atoms with E-state index in [1.54, 1.807) is 39.1 Å². The van der Waals surface area contributed by atoms with Crippen LogP contribution < -0.4 is 20.1 Å². The number of para-hydroxylation sites is 1. The predicted octanol–water partition coefficient (Wildman–Crippen LogP) is 1.28. The zero-order valence-corrected chi connectivity index (χ0v) is 15.5. The van der Waals surface area contributed by atoms with Crippen LogP contribution in [0.1, 0.15) is 19.4 Å². The summed E-state index contributed by atoms with van der Waals surface area (Å²) in [4.78, 5) is 4.02. The van der Waals surface area contributed by atoms with Gasteiger partial charge in [0, 0.05) is 31.2 Å². The van der Waals surface area contributed by atoms with Crippen molar-refractivity contribution >= 4 is 16.0 Å². The molecule has 0 spiro atoms. The Balaban J connectivity index is 2.64. The number of aliphatic imine (C=N–C) groups is 1. The van der Waals surface area contributed by atoms with Gasteiger partial charge in [-0.05, 0) is 19.9 Å². The minimum atomic E-state index is -3.35. The third-order valence-electron chi connectivity index (χ3n) is 3.02. The second kappa shape index (κ2) is 8.95. The van der Waals surface area contributed by atoms with Crippen LogP contribution in [-0.4, -0.2) is 46.4 Å². The number of alkyl halides is 2. The van der Waals surface area contributed by atoms with Gasteiger partial charge in [-0.3, -0.25) is 4.99 Å². The zero-order chi connectivity index (χ0) is 19.1. The van der Waals surface area contributed by atoms with Crippen molar-refractivity contribution in [2.75, 3.05) is 19.8 Å². The van der Waals surface area contributed by atoms with Crippen LogP contribution in [0, 0.1) is 0 Å². The van der Waals surface area contributed by atoms with E-state index >= 15 is 0 Å². The third kappa shape index (κ3) is 8.64. The Hall–Kier alpha value is -1.94. The van der Waals surface area contributed by atoms with E-state index in [1.807, 2.05) is 0 Å². The van der Waals surface area contributed by atoms with E-state index < -0.39 is 22.2 Å². The van der Waals surface area contributed by atoms with Gasteiger partial charge in [-0.15, -0.1) is 0 Å². The van der Waals surface area contributed by atoms with Gasteiger partial charge in [0.2, 0.25) is 10.0 Å². The molecule has 0 radical (unpaired) electrons. The van der Waals surface area contributed by atoms with Crippen LogP contribution in [0.4, 0.5) is 8.78 Å². The van der Waals surface area contributed by atoms with Crippen LogP contribution in [0.5, 0.6) is 5.75 Å². The normalized spacial score (nSPS) is 13.0. The number of ether oxygens (including phenoxy) is 1. The van der Waals surface area contributed by atoms with E-state index in [9.17, 15) is 17.2 Å². The largest absolute Gasteiger partial charge is 0.434 e. The first-order chi connectivity index (χ1) is 11.5. The third-order valence-corrected chi connectivity index (χ3v) is 3.94. The fraction of sp³-hybridized carbons (Fsp3) is 0.533. The summed E-state index contributed by atoms with van der Waals surface area (Å²) in [5, 5.41) is 5.96. The summed E-state index contributed by atoms with van der Waals surface area (Å²) in [5.41, 5.74) is -0.193. The monoisotopic (exact) mass is 378 g/mol. The van der Waals surface area contributed by atoms with Gasteiger partial charge < -0.3 is 15.4 Å². The Morgan fingerprint density at radius 2 is 1.92 bits per heavy atom. The highest BCUT2D eigenvalue weighted by molar-refractivity contribution is 7.88. The summed E-state index contributed by atoms with van der Waals surface area (Å²) in [6, 6.07) is 6.43. The van der Waals surface area contributed by atoms with Gasteiger partial charge >= 0.3 is 6.61 Å². The van der Waals surface area contributed by atoms with E-state index in [1.165, 1.54) is 6.07 Å². The molecule has 0 aliphatic carbocycles. The second-order valence-corrected chi connectivity index (χ2v) is 7.77. The first-order valence-corrected chi connectivity index (χ1v) is 9.38. The Kier molecular flexibility index (Phi) is 7.56. The summed E-state index contributed by atoms with van der Waals surface area (Å²) in [6.07, 6.45) is 1.09. The van der Waals surface area contributed by atoms with Crippen molar-refractivity contribution in [3.63, 3.8) is 0 Å². The van der Waals surface area contributed by atoms with E-state index in [0.717, 1.165) is 6.26 Å². The number of halogens is 2. The van der Waals surface area contributed by atoms with E-state index in [0.29, 0.717) is 11.5 Å². The molecule has 1 rings (SSSR count). The van der Waals surface area contributed by atoms with Crippen molar-refractivity contribution in [3.8, 4) is 5.75 Å². The fourth-order valence-corrected chi connectivity index (χ4v) is 3.18. The van der Waals surface area contributed by atoms with E-state index in [-0.39, 0.29) is 18.8 Å². The summed E-state index contributed by atoms with van der Waals surface area (Å²) in [7, 11) is -1.80. The van der Waals surface area contributed by atoms with Crippen LogP contribution in [0.3, 0.4) is 0 Å². The molecule has 7 nitrogen and oxygen atoms in total. The van der Waals surface area contributed by atoms with Crippen molar-refractivity contribution in [2.24, 2.45) is 4.99 Å². The van der Waals surface area contributed by atoms with Gasteiger partial charge in [0.15, 0.2) is 5.96 Å². The molecule has 0 saturated carbocycles. The van der Waals surface area contributed by atoms with Gasteiger partial charge in [-0.25, -0.2) is 13.1 Å². The molecule has 0 aliphatic heterocycles. The maximum absolute atomic E-state index is 12.4. The lowest BCUT2D eigenvalue weighted by atomic mass is 10.1. The number of benzene rings is 1. The molecule has 0 aliphatic rings. The van der Waals surface area contributed by atoms with Gasteiger partial charge in [-0.1, -0.05) is 18.2 Å². The summed E-state index contributed by atoms with van der Waals surface area (Å²) < 4.78 is 54.5. The second-order valence-electron chi connectivity index (χ2n) is 6.02. The first kappa shape index (κ1) is 21.1. The number of guanidine groups is 1. The molecule has 142 valence electrons. The lowest BCUT2D eigenvalue weighted by molar-refractivity contribution is -0.0504. The quantitative estimate of drug-likeness (QED) is 0.468. The Morgan fingerprint density at radius 3 is 2.48 bits per heavy atom. The fourth-order valence-electron chi connectivity index (χ4n) is 2.10. The van der Waals surface area contributed by atoms with Crippen molar-refractivity contribution in [1.29, 1.82) is 0 Å². The van der Waals surface area contributed by atoms with Gasteiger partial charge in [0.05, 0.1) is 6.26 Å². The highest BCUT2D eigenvalue weighted by Crippen LogP contribution is 2.19. The van der Waals surface area contributed by atoms with Crippen molar-refractivity contribution < 1.29 is 21.9 Å². The molecule has 1 aromatic carbocycles. The summed E-state index contributed by atoms with van der Waals surface area (Å²) in [5.74, 6) is 0.481. The van der Waals surface area contributed by atoms with Crippen molar-refractivity contribution in [3.05, 3.63) is 29.8 Å². The number of rotatable bonds is 8. The van der Waals surface area contributed by atoms with Crippen LogP contribution in [0.25, 0.3) is 0 Å². The van der Waals surface area contributed by atoms with Gasteiger partial charge in [-0.2, -0.15) is 8.78 Å². The standard InChI is InChI=1S/C15H24F2N4O3S/c1-15(2,21-25(4,22)23)10-20-14(18-3)19-9-11-7-5-6-8-12(11)24-13(16)17/h5-8,13,21H,9-10H2,1-4H3,(H2,18,19,20). The molecule has 0 amide bonds. The molecule has 1 aromatic rings. The minimum absolute atomic E-state index is 0.0829.